The minimum Gasteiger partial charge on any atom is -0.475 e. The lowest BCUT2D eigenvalue weighted by Crippen LogP contribution is -2.31. The summed E-state index contributed by atoms with van der Waals surface area (Å²) in [5.74, 6) is 2.70. The maximum absolute atomic E-state index is 15.8. The molecule has 9 heteroatoms. The van der Waals surface area contributed by atoms with Crippen LogP contribution in [0.5, 0.6) is 0 Å². The lowest BCUT2D eigenvalue weighted by atomic mass is 9.80. The molecule has 0 bridgehead atoms. The van der Waals surface area contributed by atoms with Crippen molar-refractivity contribution in [3.63, 3.8) is 0 Å². The number of aromatic nitrogens is 5. The van der Waals surface area contributed by atoms with Crippen molar-refractivity contribution < 1.29 is 14.3 Å². The number of nitrogens with zero attached hydrogens (tertiary/aromatic N) is 5. The third kappa shape index (κ3) is 4.96. The Morgan fingerprint density at radius 1 is 1.18 bits per heavy atom. The van der Waals surface area contributed by atoms with Crippen LogP contribution in [0.15, 0.2) is 12.3 Å². The number of anilines is 1. The van der Waals surface area contributed by atoms with Crippen molar-refractivity contribution in [2.75, 3.05) is 5.32 Å². The highest BCUT2D eigenvalue weighted by Crippen LogP contribution is 2.37. The number of carbonyl (C=O) groups is 1. The molecule has 3 aromatic rings. The van der Waals surface area contributed by atoms with Gasteiger partial charge in [-0.1, -0.05) is 20.3 Å². The number of aromatic carboxylic acids is 1. The predicted octanol–water partition coefficient (Wildman–Crippen LogP) is 5.89. The van der Waals surface area contributed by atoms with Crippen molar-refractivity contribution in [3.05, 3.63) is 29.5 Å². The van der Waals surface area contributed by atoms with Gasteiger partial charge in [-0.2, -0.15) is 0 Å². The Labute approximate surface area is 222 Å². The molecule has 2 N–H and O–H groups in total. The molecule has 0 saturated heterocycles. The van der Waals surface area contributed by atoms with Crippen LogP contribution in [0.3, 0.4) is 0 Å². The minimum atomic E-state index is -1.24. The van der Waals surface area contributed by atoms with Gasteiger partial charge in [0.2, 0.25) is 5.82 Å². The largest absolute Gasteiger partial charge is 0.475 e. The number of carboxylic acid groups (broad SMARTS) is 1. The number of pyridine rings is 1. The summed E-state index contributed by atoms with van der Waals surface area (Å²) in [5, 5.41) is 13.2. The van der Waals surface area contributed by atoms with E-state index < -0.39 is 11.8 Å². The van der Waals surface area contributed by atoms with E-state index >= 15 is 4.39 Å². The summed E-state index contributed by atoms with van der Waals surface area (Å²) in [4.78, 5) is 29.7. The topological polar surface area (TPSA) is 106 Å². The van der Waals surface area contributed by atoms with Gasteiger partial charge in [-0.25, -0.2) is 29.1 Å². The zero-order valence-corrected chi connectivity index (χ0v) is 22.2. The second-order valence-electron chi connectivity index (χ2n) is 11.1. The van der Waals surface area contributed by atoms with Gasteiger partial charge in [-0.3, -0.25) is 0 Å². The van der Waals surface area contributed by atoms with Crippen LogP contribution in [-0.2, 0) is 6.54 Å². The average Bonchev–Trinajstić information content (AvgIpc) is 3.21. The smallest absolute Gasteiger partial charge is 0.374 e. The summed E-state index contributed by atoms with van der Waals surface area (Å²) in [5.41, 5.74) is 1.51. The van der Waals surface area contributed by atoms with Crippen molar-refractivity contribution in [3.8, 4) is 23.9 Å². The first-order valence-corrected chi connectivity index (χ1v) is 13.7. The van der Waals surface area contributed by atoms with Crippen molar-refractivity contribution in [1.29, 1.82) is 0 Å². The third-order valence-electron chi connectivity index (χ3n) is 8.29. The van der Waals surface area contributed by atoms with Gasteiger partial charge in [0.25, 0.3) is 0 Å². The first-order chi connectivity index (χ1) is 18.3. The molecular formula is C29H35FN6O2. The molecule has 3 heterocycles. The van der Waals surface area contributed by atoms with E-state index in [-0.39, 0.29) is 35.0 Å². The predicted molar refractivity (Wildman–Crippen MR) is 144 cm³/mol. The molecule has 1 unspecified atom stereocenters. The Kier molecular flexibility index (Phi) is 7.33. The van der Waals surface area contributed by atoms with Gasteiger partial charge in [0.05, 0.1) is 0 Å². The highest BCUT2D eigenvalue weighted by atomic mass is 19.1. The number of terminal acetylenes is 1. The number of carboxylic acids is 1. The second-order valence-corrected chi connectivity index (χ2v) is 11.1. The molecule has 5 rings (SSSR count). The molecule has 0 radical (unpaired) electrons. The Balaban J connectivity index is 1.67. The van der Waals surface area contributed by atoms with Gasteiger partial charge < -0.3 is 15.0 Å². The Hall–Kier alpha value is -3.54. The molecule has 2 aliphatic carbocycles. The standard InChI is InChI=1S/C29H35FN6O2/c1-5-18-9-11-19(12-10-18)15-36-24-25(32-17(4)20-7-6-8-20)33-27(29(37)38)34-26(24)35-28(36)23-22(30)21(16(2)3)13-14-31-23/h1,13-14,16-20H,6-12,15H2,2-4H3,(H,37,38)(H,32,33,34). The van der Waals surface area contributed by atoms with Crippen LogP contribution in [-0.4, -0.2) is 41.6 Å². The van der Waals surface area contributed by atoms with Gasteiger partial charge in [0, 0.05) is 24.7 Å². The molecule has 2 aliphatic rings. The number of imidazole rings is 1. The van der Waals surface area contributed by atoms with Gasteiger partial charge >= 0.3 is 5.97 Å². The first kappa shape index (κ1) is 26.1. The lowest BCUT2D eigenvalue weighted by Gasteiger charge is -2.32. The molecular weight excluding hydrogens is 483 g/mol. The Bertz CT molecular complexity index is 1380. The quantitative estimate of drug-likeness (QED) is 0.358. The molecule has 8 nitrogen and oxygen atoms in total. The van der Waals surface area contributed by atoms with Crippen LogP contribution in [0.25, 0.3) is 22.7 Å². The van der Waals surface area contributed by atoms with Crippen LogP contribution in [0.1, 0.15) is 87.8 Å². The van der Waals surface area contributed by atoms with E-state index in [0.717, 1.165) is 38.5 Å². The summed E-state index contributed by atoms with van der Waals surface area (Å²) >= 11 is 0. The number of nitrogens with one attached hydrogen (secondary N) is 1. The third-order valence-corrected chi connectivity index (χ3v) is 8.29. The van der Waals surface area contributed by atoms with E-state index in [0.29, 0.717) is 41.1 Å². The van der Waals surface area contributed by atoms with Crippen LogP contribution >= 0.6 is 0 Å². The van der Waals surface area contributed by atoms with Gasteiger partial charge in [0.1, 0.15) is 11.2 Å². The maximum Gasteiger partial charge on any atom is 0.374 e. The Morgan fingerprint density at radius 2 is 1.92 bits per heavy atom. The summed E-state index contributed by atoms with van der Waals surface area (Å²) < 4.78 is 17.7. The van der Waals surface area contributed by atoms with Gasteiger partial charge in [-0.15, -0.1) is 12.3 Å². The monoisotopic (exact) mass is 518 g/mol. The highest BCUT2D eigenvalue weighted by Gasteiger charge is 2.30. The van der Waals surface area contributed by atoms with E-state index in [1.807, 2.05) is 18.4 Å². The zero-order chi connectivity index (χ0) is 27.0. The maximum atomic E-state index is 15.8. The molecule has 0 aromatic carbocycles. The second kappa shape index (κ2) is 10.7. The first-order valence-electron chi connectivity index (χ1n) is 13.7. The molecule has 1 atom stereocenters. The van der Waals surface area contributed by atoms with E-state index in [2.05, 4.69) is 33.1 Å². The van der Waals surface area contributed by atoms with Crippen molar-refractivity contribution in [2.45, 2.75) is 84.2 Å². The summed E-state index contributed by atoms with van der Waals surface area (Å²) in [7, 11) is 0. The number of halogens is 1. The molecule has 2 fully saturated rings. The van der Waals surface area contributed by atoms with Crippen molar-refractivity contribution >= 4 is 23.0 Å². The highest BCUT2D eigenvalue weighted by molar-refractivity contribution is 5.92. The van der Waals surface area contributed by atoms with Crippen LogP contribution in [0.2, 0.25) is 0 Å². The SMILES string of the molecule is C#CC1CCC(Cn2c(-c3nccc(C(C)C)c3F)nc3nc(C(=O)O)nc(NC(C)C4CCC4)c32)CC1. The fourth-order valence-electron chi connectivity index (χ4n) is 5.69. The molecule has 2 saturated carbocycles. The van der Waals surface area contributed by atoms with E-state index in [1.54, 1.807) is 12.3 Å². The van der Waals surface area contributed by atoms with Gasteiger partial charge in [0.15, 0.2) is 23.1 Å². The van der Waals surface area contributed by atoms with Crippen LogP contribution in [0, 0.1) is 35.9 Å². The fourth-order valence-corrected chi connectivity index (χ4v) is 5.69. The summed E-state index contributed by atoms with van der Waals surface area (Å²) in [6.45, 7) is 6.53. The molecule has 0 spiro atoms. The molecule has 200 valence electrons. The lowest BCUT2D eigenvalue weighted by molar-refractivity contribution is 0.0684. The van der Waals surface area contributed by atoms with Gasteiger partial charge in [-0.05, 0) is 74.8 Å². The molecule has 38 heavy (non-hydrogen) atoms. The van der Waals surface area contributed by atoms with Crippen molar-refractivity contribution in [1.82, 2.24) is 24.5 Å². The number of rotatable bonds is 8. The zero-order valence-electron chi connectivity index (χ0n) is 22.2. The van der Waals surface area contributed by atoms with E-state index in [9.17, 15) is 9.90 Å². The van der Waals surface area contributed by atoms with Crippen LogP contribution < -0.4 is 5.32 Å². The Morgan fingerprint density at radius 3 is 2.53 bits per heavy atom. The number of fused-ring (bicyclic) bond motifs is 1. The fraction of sp³-hybridized carbons (Fsp3) is 0.552. The summed E-state index contributed by atoms with van der Waals surface area (Å²) in [6.07, 6.45) is 14.5. The summed E-state index contributed by atoms with van der Waals surface area (Å²) in [6, 6.07) is 1.79. The minimum absolute atomic E-state index is 0.0347. The van der Waals surface area contributed by atoms with Crippen molar-refractivity contribution in [2.24, 2.45) is 17.8 Å². The molecule has 3 aromatic heterocycles. The number of hydrogen-bond donors (Lipinski definition) is 2. The molecule has 0 amide bonds. The number of hydrogen-bond acceptors (Lipinski definition) is 6. The van der Waals surface area contributed by atoms with E-state index in [4.69, 9.17) is 11.4 Å². The normalized spacial score (nSPS) is 20.7. The average molecular weight is 519 g/mol. The van der Waals surface area contributed by atoms with Crippen LogP contribution in [0.4, 0.5) is 10.2 Å². The van der Waals surface area contributed by atoms with E-state index in [1.165, 1.54) is 6.42 Å². The molecule has 0 aliphatic heterocycles.